The number of hydrogen-bond acceptors (Lipinski definition) is 3. The average molecular weight is 305 g/mol. The van der Waals surface area contributed by atoms with Gasteiger partial charge in [-0.2, -0.15) is 5.10 Å². The highest BCUT2D eigenvalue weighted by Crippen LogP contribution is 2.24. The third-order valence-electron chi connectivity index (χ3n) is 3.82. The third-order valence-corrected chi connectivity index (χ3v) is 4.02. The fraction of sp³-hybridized carbons (Fsp3) is 0.333. The first-order valence-electron chi connectivity index (χ1n) is 6.88. The van der Waals surface area contributed by atoms with Gasteiger partial charge in [-0.3, -0.25) is 14.4 Å². The van der Waals surface area contributed by atoms with E-state index in [-0.39, 0.29) is 11.9 Å². The van der Waals surface area contributed by atoms with Crippen molar-refractivity contribution >= 4 is 17.5 Å². The number of benzene rings is 1. The molecule has 2 heterocycles. The van der Waals surface area contributed by atoms with Crippen LogP contribution >= 0.6 is 11.6 Å². The Morgan fingerprint density at radius 3 is 2.86 bits per heavy atom. The minimum atomic E-state index is -0.187. The lowest BCUT2D eigenvalue weighted by molar-refractivity contribution is -0.127. The Kier molecular flexibility index (Phi) is 3.94. The number of rotatable bonds is 3. The van der Waals surface area contributed by atoms with E-state index < -0.39 is 0 Å². The number of likely N-dealkylation sites (N-methyl/N-ethyl adjacent to an activating group) is 1. The van der Waals surface area contributed by atoms with E-state index in [4.69, 9.17) is 11.6 Å². The highest BCUT2D eigenvalue weighted by molar-refractivity contribution is 6.30. The van der Waals surface area contributed by atoms with Gasteiger partial charge in [0.2, 0.25) is 5.91 Å². The molecule has 21 heavy (non-hydrogen) atoms. The van der Waals surface area contributed by atoms with Crippen molar-refractivity contribution in [2.75, 3.05) is 7.05 Å². The summed E-state index contributed by atoms with van der Waals surface area (Å²) in [5.74, 6) is 0.0303. The molecule has 0 bridgehead atoms. The van der Waals surface area contributed by atoms with E-state index in [1.165, 1.54) is 11.1 Å². The van der Waals surface area contributed by atoms with E-state index in [2.05, 4.69) is 27.4 Å². The zero-order valence-electron chi connectivity index (χ0n) is 11.8. The molecule has 1 amide bonds. The van der Waals surface area contributed by atoms with Gasteiger partial charge in [0.25, 0.3) is 0 Å². The SMILES string of the molecule is CNC(=O)C1Cc2ccccc2CN1Cn1cc(Cl)cn1. The summed E-state index contributed by atoms with van der Waals surface area (Å²) in [7, 11) is 1.67. The molecule has 0 saturated carbocycles. The second kappa shape index (κ2) is 5.87. The van der Waals surface area contributed by atoms with Gasteiger partial charge in [0.05, 0.1) is 23.9 Å². The van der Waals surface area contributed by atoms with Gasteiger partial charge in [0, 0.05) is 19.8 Å². The quantitative estimate of drug-likeness (QED) is 0.938. The first-order chi connectivity index (χ1) is 10.2. The summed E-state index contributed by atoms with van der Waals surface area (Å²) in [4.78, 5) is 14.3. The van der Waals surface area contributed by atoms with E-state index in [1.54, 1.807) is 24.1 Å². The lowest BCUT2D eigenvalue weighted by Gasteiger charge is -2.35. The Morgan fingerprint density at radius 1 is 1.43 bits per heavy atom. The van der Waals surface area contributed by atoms with Crippen molar-refractivity contribution in [3.8, 4) is 0 Å². The molecule has 1 atom stereocenters. The standard InChI is InChI=1S/C15H17ClN4O/c1-17-15(21)14-6-11-4-2-3-5-12(11)8-19(14)10-20-9-13(16)7-18-20/h2-5,7,9,14H,6,8,10H2,1H3,(H,17,21). The van der Waals surface area contributed by atoms with Crippen LogP contribution in [0, 0.1) is 0 Å². The molecule has 1 aliphatic rings. The second-order valence-electron chi connectivity index (χ2n) is 5.19. The molecule has 5 nitrogen and oxygen atoms in total. The summed E-state index contributed by atoms with van der Waals surface area (Å²) < 4.78 is 1.76. The fourth-order valence-corrected chi connectivity index (χ4v) is 2.91. The van der Waals surface area contributed by atoms with Gasteiger partial charge in [0.15, 0.2) is 0 Å². The van der Waals surface area contributed by atoms with Crippen LogP contribution in [0.2, 0.25) is 5.02 Å². The van der Waals surface area contributed by atoms with Gasteiger partial charge in [-0.05, 0) is 17.5 Å². The second-order valence-corrected chi connectivity index (χ2v) is 5.63. The lowest BCUT2D eigenvalue weighted by Crippen LogP contribution is -2.49. The van der Waals surface area contributed by atoms with Gasteiger partial charge >= 0.3 is 0 Å². The number of aromatic nitrogens is 2. The molecule has 1 aliphatic heterocycles. The smallest absolute Gasteiger partial charge is 0.237 e. The molecule has 0 spiro atoms. The number of fused-ring (bicyclic) bond motifs is 1. The largest absolute Gasteiger partial charge is 0.358 e. The van der Waals surface area contributed by atoms with Crippen LogP contribution in [-0.2, 0) is 24.4 Å². The zero-order chi connectivity index (χ0) is 14.8. The zero-order valence-corrected chi connectivity index (χ0v) is 12.5. The Bertz CT molecular complexity index is 655. The topological polar surface area (TPSA) is 50.2 Å². The number of halogens is 1. The monoisotopic (exact) mass is 304 g/mol. The fourth-order valence-electron chi connectivity index (χ4n) is 2.75. The van der Waals surface area contributed by atoms with Crippen LogP contribution in [0.15, 0.2) is 36.7 Å². The molecule has 0 fully saturated rings. The highest BCUT2D eigenvalue weighted by Gasteiger charge is 2.31. The summed E-state index contributed by atoms with van der Waals surface area (Å²) in [6, 6.07) is 8.06. The van der Waals surface area contributed by atoms with Crippen LogP contribution in [0.3, 0.4) is 0 Å². The van der Waals surface area contributed by atoms with Gasteiger partial charge in [-0.25, -0.2) is 0 Å². The van der Waals surface area contributed by atoms with E-state index in [9.17, 15) is 4.79 Å². The molecule has 110 valence electrons. The van der Waals surface area contributed by atoms with Crippen LogP contribution < -0.4 is 5.32 Å². The van der Waals surface area contributed by atoms with E-state index in [0.717, 1.165) is 6.54 Å². The van der Waals surface area contributed by atoms with E-state index in [0.29, 0.717) is 18.1 Å². The van der Waals surface area contributed by atoms with E-state index in [1.807, 2.05) is 12.1 Å². The van der Waals surface area contributed by atoms with Crippen LogP contribution in [0.5, 0.6) is 0 Å². The first kappa shape index (κ1) is 14.1. The maximum atomic E-state index is 12.2. The molecule has 0 aliphatic carbocycles. The van der Waals surface area contributed by atoms with Crippen LogP contribution in [0.25, 0.3) is 0 Å². The van der Waals surface area contributed by atoms with E-state index >= 15 is 0 Å². The number of hydrogen-bond donors (Lipinski definition) is 1. The molecule has 1 unspecified atom stereocenters. The Hall–Kier alpha value is -1.85. The molecular formula is C15H17ClN4O. The summed E-state index contributed by atoms with van der Waals surface area (Å²) >= 11 is 5.90. The summed E-state index contributed by atoms with van der Waals surface area (Å²) in [6.45, 7) is 1.27. The van der Waals surface area contributed by atoms with Crippen molar-refractivity contribution < 1.29 is 4.79 Å². The maximum absolute atomic E-state index is 12.2. The van der Waals surface area contributed by atoms with Crippen LogP contribution in [0.1, 0.15) is 11.1 Å². The molecule has 3 rings (SSSR count). The summed E-state index contributed by atoms with van der Waals surface area (Å²) in [5, 5.41) is 7.55. The molecule has 1 N–H and O–H groups in total. The molecule has 1 aromatic heterocycles. The Labute approximate surface area is 128 Å². The molecule has 6 heteroatoms. The van der Waals surface area contributed by atoms with Crippen molar-refractivity contribution in [1.82, 2.24) is 20.0 Å². The average Bonchev–Trinajstić information content (AvgIpc) is 2.91. The minimum Gasteiger partial charge on any atom is -0.358 e. The van der Waals surface area contributed by atoms with Crippen molar-refractivity contribution in [3.05, 3.63) is 52.8 Å². The molecule has 2 aromatic rings. The number of nitrogens with zero attached hydrogens (tertiary/aromatic N) is 3. The summed E-state index contributed by atoms with van der Waals surface area (Å²) in [6.07, 6.45) is 4.09. The molecule has 0 saturated heterocycles. The van der Waals surface area contributed by atoms with Crippen molar-refractivity contribution in [1.29, 1.82) is 0 Å². The third kappa shape index (κ3) is 2.94. The Balaban J connectivity index is 1.87. The van der Waals surface area contributed by atoms with Crippen molar-refractivity contribution in [3.63, 3.8) is 0 Å². The number of amides is 1. The van der Waals surface area contributed by atoms with Gasteiger partial charge < -0.3 is 5.32 Å². The number of carbonyl (C=O) groups is 1. The Morgan fingerprint density at radius 2 is 2.19 bits per heavy atom. The van der Waals surface area contributed by atoms with Crippen molar-refractivity contribution in [2.24, 2.45) is 0 Å². The number of nitrogens with one attached hydrogen (secondary N) is 1. The predicted molar refractivity (Wildman–Crippen MR) is 80.8 cm³/mol. The maximum Gasteiger partial charge on any atom is 0.237 e. The highest BCUT2D eigenvalue weighted by atomic mass is 35.5. The molecule has 1 aromatic carbocycles. The molecule has 0 radical (unpaired) electrons. The summed E-state index contributed by atoms with van der Waals surface area (Å²) in [5.41, 5.74) is 2.50. The van der Waals surface area contributed by atoms with Gasteiger partial charge in [0.1, 0.15) is 0 Å². The number of carbonyl (C=O) groups excluding carboxylic acids is 1. The van der Waals surface area contributed by atoms with Crippen LogP contribution in [-0.4, -0.2) is 33.7 Å². The minimum absolute atomic E-state index is 0.0303. The normalized spacial score (nSPS) is 18.3. The van der Waals surface area contributed by atoms with Crippen LogP contribution in [0.4, 0.5) is 0 Å². The lowest BCUT2D eigenvalue weighted by atomic mass is 9.94. The first-order valence-corrected chi connectivity index (χ1v) is 7.25. The van der Waals surface area contributed by atoms with Gasteiger partial charge in [-0.1, -0.05) is 35.9 Å². The van der Waals surface area contributed by atoms with Gasteiger partial charge in [-0.15, -0.1) is 0 Å². The molecular weight excluding hydrogens is 288 g/mol. The predicted octanol–water partition coefficient (Wildman–Crippen LogP) is 1.67. The van der Waals surface area contributed by atoms with Crippen molar-refractivity contribution in [2.45, 2.75) is 25.7 Å².